The number of sulfone groups is 1. The number of hydrogen-bond acceptors (Lipinski definition) is 4. The van der Waals surface area contributed by atoms with Crippen molar-refractivity contribution in [2.45, 2.75) is 13.5 Å². The Labute approximate surface area is 123 Å². The Morgan fingerprint density at radius 2 is 1.95 bits per heavy atom. The maximum Gasteiger partial charge on any atom is 0.151 e. The molecule has 0 aliphatic heterocycles. The lowest BCUT2D eigenvalue weighted by molar-refractivity contribution is 0.582. The van der Waals surface area contributed by atoms with Crippen LogP contribution in [0.5, 0.6) is 0 Å². The van der Waals surface area contributed by atoms with E-state index in [0.717, 1.165) is 5.56 Å². The van der Waals surface area contributed by atoms with E-state index >= 15 is 0 Å². The maximum atomic E-state index is 11.5. The Balaban J connectivity index is 2.19. The lowest BCUT2D eigenvalue weighted by Gasteiger charge is -2.01. The van der Waals surface area contributed by atoms with Crippen LogP contribution in [0.4, 0.5) is 5.69 Å². The van der Waals surface area contributed by atoms with Crippen LogP contribution in [0.3, 0.4) is 0 Å². The van der Waals surface area contributed by atoms with E-state index in [1.165, 1.54) is 0 Å². The van der Waals surface area contributed by atoms with E-state index in [1.54, 1.807) is 29.9 Å². The van der Waals surface area contributed by atoms with Gasteiger partial charge in [0.1, 0.15) is 5.69 Å². The molecule has 0 atom stereocenters. The summed E-state index contributed by atoms with van der Waals surface area (Å²) in [6.45, 7) is 1.93. The predicted octanol–water partition coefficient (Wildman–Crippen LogP) is 2.22. The molecule has 5 nitrogen and oxygen atoms in total. The molecule has 0 unspecified atom stereocenters. The normalized spacial score (nSPS) is 11.7. The van der Waals surface area contributed by atoms with E-state index in [4.69, 9.17) is 17.3 Å². The summed E-state index contributed by atoms with van der Waals surface area (Å²) in [6.07, 6.45) is 1.65. The summed E-state index contributed by atoms with van der Waals surface area (Å²) in [6, 6.07) is 7.18. The monoisotopic (exact) mass is 313 g/mol. The van der Waals surface area contributed by atoms with Gasteiger partial charge >= 0.3 is 0 Å². The highest BCUT2D eigenvalue weighted by Gasteiger charge is 2.11. The first-order valence-corrected chi connectivity index (χ1v) is 8.40. The van der Waals surface area contributed by atoms with Crippen LogP contribution in [0.2, 0.25) is 5.02 Å². The highest BCUT2D eigenvalue weighted by molar-refractivity contribution is 7.91. The van der Waals surface area contributed by atoms with Crippen molar-refractivity contribution in [2.24, 2.45) is 0 Å². The number of aryl methyl sites for hydroxylation is 1. The van der Waals surface area contributed by atoms with E-state index in [0.29, 0.717) is 22.9 Å². The first-order valence-electron chi connectivity index (χ1n) is 6.20. The van der Waals surface area contributed by atoms with Crippen molar-refractivity contribution in [1.82, 2.24) is 9.78 Å². The zero-order valence-corrected chi connectivity index (χ0v) is 12.7. The van der Waals surface area contributed by atoms with Gasteiger partial charge in [-0.15, -0.1) is 0 Å². The van der Waals surface area contributed by atoms with Gasteiger partial charge in [0.15, 0.2) is 9.84 Å². The van der Waals surface area contributed by atoms with Gasteiger partial charge in [-0.1, -0.05) is 30.7 Å². The number of hydrogen-bond donors (Lipinski definition) is 1. The fourth-order valence-electron chi connectivity index (χ4n) is 1.76. The molecule has 0 aliphatic carbocycles. The van der Waals surface area contributed by atoms with Gasteiger partial charge in [0.05, 0.1) is 18.0 Å². The molecule has 1 aromatic heterocycles. The molecule has 1 aromatic carbocycles. The fourth-order valence-corrected chi connectivity index (χ4v) is 2.64. The minimum Gasteiger partial charge on any atom is -0.396 e. The topological polar surface area (TPSA) is 78.0 Å². The molecule has 2 N–H and O–H groups in total. The minimum atomic E-state index is -3.01. The van der Waals surface area contributed by atoms with Crippen molar-refractivity contribution >= 4 is 27.1 Å². The lowest BCUT2D eigenvalue weighted by atomic mass is 10.1. The molecular formula is C13H16ClN3O2S. The molecular weight excluding hydrogens is 298 g/mol. The minimum absolute atomic E-state index is 0.0602. The van der Waals surface area contributed by atoms with E-state index in [-0.39, 0.29) is 11.5 Å². The van der Waals surface area contributed by atoms with Crippen LogP contribution in [0, 0.1) is 0 Å². The van der Waals surface area contributed by atoms with Crippen LogP contribution in [-0.2, 0) is 16.4 Å². The summed E-state index contributed by atoms with van der Waals surface area (Å²) < 4.78 is 24.5. The van der Waals surface area contributed by atoms with E-state index < -0.39 is 9.84 Å². The molecule has 7 heteroatoms. The van der Waals surface area contributed by atoms with Crippen LogP contribution >= 0.6 is 11.6 Å². The lowest BCUT2D eigenvalue weighted by Crippen LogP contribution is -2.14. The fraction of sp³-hybridized carbons (Fsp3) is 0.308. The third-order valence-electron chi connectivity index (χ3n) is 2.98. The molecule has 0 saturated carbocycles. The molecule has 2 rings (SSSR count). The van der Waals surface area contributed by atoms with Crippen molar-refractivity contribution in [1.29, 1.82) is 0 Å². The molecule has 20 heavy (non-hydrogen) atoms. The average Bonchev–Trinajstić information content (AvgIpc) is 2.79. The first-order chi connectivity index (χ1) is 9.41. The van der Waals surface area contributed by atoms with E-state index in [9.17, 15) is 8.42 Å². The molecule has 1 heterocycles. The van der Waals surface area contributed by atoms with Crippen LogP contribution in [0.1, 0.15) is 6.92 Å². The van der Waals surface area contributed by atoms with Gasteiger partial charge in [0, 0.05) is 22.5 Å². The highest BCUT2D eigenvalue weighted by Crippen LogP contribution is 2.25. The van der Waals surface area contributed by atoms with Gasteiger partial charge in [-0.05, 0) is 12.1 Å². The molecule has 0 saturated heterocycles. The Morgan fingerprint density at radius 1 is 1.30 bits per heavy atom. The second kappa shape index (κ2) is 5.85. The molecule has 108 valence electrons. The zero-order chi connectivity index (χ0) is 14.8. The third-order valence-corrected chi connectivity index (χ3v) is 4.92. The first kappa shape index (κ1) is 14.9. The SMILES string of the molecule is CCS(=O)(=O)CCn1cc(N)c(-c2ccc(Cl)cc2)n1. The molecule has 0 bridgehead atoms. The van der Waals surface area contributed by atoms with Gasteiger partial charge < -0.3 is 5.73 Å². The van der Waals surface area contributed by atoms with Gasteiger partial charge in [0.2, 0.25) is 0 Å². The van der Waals surface area contributed by atoms with Gasteiger partial charge in [-0.25, -0.2) is 8.42 Å². The van der Waals surface area contributed by atoms with Crippen molar-refractivity contribution in [3.8, 4) is 11.3 Å². The quantitative estimate of drug-likeness (QED) is 0.918. The van der Waals surface area contributed by atoms with Crippen molar-refractivity contribution < 1.29 is 8.42 Å². The molecule has 0 radical (unpaired) electrons. The summed E-state index contributed by atoms with van der Waals surface area (Å²) in [5.74, 6) is 0.193. The molecule has 0 amide bonds. The Morgan fingerprint density at radius 3 is 2.55 bits per heavy atom. The van der Waals surface area contributed by atoms with Crippen LogP contribution in [0.15, 0.2) is 30.5 Å². The molecule has 0 aliphatic rings. The third kappa shape index (κ3) is 3.52. The number of nitrogens with two attached hydrogens (primary N) is 1. The van der Waals surface area contributed by atoms with Gasteiger partial charge in [-0.3, -0.25) is 4.68 Å². The van der Waals surface area contributed by atoms with Crippen LogP contribution in [-0.4, -0.2) is 29.7 Å². The largest absolute Gasteiger partial charge is 0.396 e. The smallest absolute Gasteiger partial charge is 0.151 e. The standard InChI is InChI=1S/C13H16ClN3O2S/c1-2-20(18,19)8-7-17-9-12(15)13(16-17)10-3-5-11(14)6-4-10/h3-6,9H,2,7-8,15H2,1H3. The summed E-state index contributed by atoms with van der Waals surface area (Å²) in [7, 11) is -3.01. The van der Waals surface area contributed by atoms with E-state index in [2.05, 4.69) is 5.10 Å². The number of aromatic nitrogens is 2. The number of anilines is 1. The maximum absolute atomic E-state index is 11.5. The zero-order valence-electron chi connectivity index (χ0n) is 11.1. The second-order valence-electron chi connectivity index (χ2n) is 4.44. The predicted molar refractivity (Wildman–Crippen MR) is 81.4 cm³/mol. The number of nitrogens with zero attached hydrogens (tertiary/aromatic N) is 2. The van der Waals surface area contributed by atoms with Crippen molar-refractivity contribution in [3.63, 3.8) is 0 Å². The second-order valence-corrected chi connectivity index (χ2v) is 7.35. The molecule has 2 aromatic rings. The van der Waals surface area contributed by atoms with Crippen molar-refractivity contribution in [3.05, 3.63) is 35.5 Å². The number of benzene rings is 1. The average molecular weight is 314 g/mol. The highest BCUT2D eigenvalue weighted by atomic mass is 35.5. The summed E-state index contributed by atoms with van der Waals surface area (Å²) in [4.78, 5) is 0. The molecule has 0 fully saturated rings. The van der Waals surface area contributed by atoms with Crippen LogP contribution in [0.25, 0.3) is 11.3 Å². The van der Waals surface area contributed by atoms with E-state index in [1.807, 2.05) is 12.1 Å². The number of rotatable bonds is 5. The van der Waals surface area contributed by atoms with Gasteiger partial charge in [-0.2, -0.15) is 5.10 Å². The Bertz CT molecular complexity index is 693. The van der Waals surface area contributed by atoms with Crippen LogP contribution < -0.4 is 5.73 Å². The Hall–Kier alpha value is -1.53. The number of halogens is 1. The number of nitrogen functional groups attached to an aromatic ring is 1. The summed E-state index contributed by atoms with van der Waals surface area (Å²) in [5, 5.41) is 4.97. The van der Waals surface area contributed by atoms with Gasteiger partial charge in [0.25, 0.3) is 0 Å². The van der Waals surface area contributed by atoms with Crippen molar-refractivity contribution in [2.75, 3.05) is 17.2 Å². The Kier molecular flexibility index (Phi) is 4.35. The summed E-state index contributed by atoms with van der Waals surface area (Å²) >= 11 is 5.84. The summed E-state index contributed by atoms with van der Waals surface area (Å²) in [5.41, 5.74) is 7.92. The molecule has 0 spiro atoms.